The first-order chi connectivity index (χ1) is 3.43. The highest BCUT2D eigenvalue weighted by Crippen LogP contribution is 2.02. The number of halogens is 1. The predicted molar refractivity (Wildman–Crippen MR) is 32.8 cm³/mol. The van der Waals surface area contributed by atoms with Crippen molar-refractivity contribution in [1.29, 1.82) is 0 Å². The van der Waals surface area contributed by atoms with Gasteiger partial charge in [0.2, 0.25) is 0 Å². The van der Waals surface area contributed by atoms with Crippen LogP contribution < -0.4 is 0 Å². The molecule has 0 unspecified atom stereocenters. The third kappa shape index (κ3) is 1.49. The van der Waals surface area contributed by atoms with Gasteiger partial charge in [-0.2, -0.15) is 5.10 Å². The molecular weight excluding hydrogens is 129 g/mol. The molecule has 0 spiro atoms. The summed E-state index contributed by atoms with van der Waals surface area (Å²) in [5.41, 5.74) is 0. The zero-order chi connectivity index (χ0) is 5.11. The molecule has 48 valence electrons. The summed E-state index contributed by atoms with van der Waals surface area (Å²) in [7, 11) is 0. The van der Waals surface area contributed by atoms with Crippen LogP contribution in [-0.4, -0.2) is 21.4 Å². The minimum atomic E-state index is 0. The molecule has 1 aromatic heterocycles. The van der Waals surface area contributed by atoms with Crippen LogP contribution in [0.5, 0.6) is 0 Å². The zero-order valence-electron chi connectivity index (χ0n) is 4.29. The van der Waals surface area contributed by atoms with Crippen LogP contribution in [0, 0.1) is 0 Å². The lowest BCUT2D eigenvalue weighted by atomic mass is 11.3. The van der Waals surface area contributed by atoms with Gasteiger partial charge in [0.05, 0.1) is 0 Å². The second kappa shape index (κ2) is 3.43. The van der Waals surface area contributed by atoms with E-state index in [2.05, 4.69) is 15.2 Å². The molecule has 0 bridgehead atoms. The molecule has 0 atom stereocenters. The van der Waals surface area contributed by atoms with E-state index >= 15 is 0 Å². The van der Waals surface area contributed by atoms with Crippen molar-refractivity contribution in [2.24, 2.45) is 0 Å². The van der Waals surface area contributed by atoms with E-state index in [9.17, 15) is 0 Å². The molecule has 0 saturated heterocycles. The summed E-state index contributed by atoms with van der Waals surface area (Å²) < 4.78 is 0. The summed E-state index contributed by atoms with van der Waals surface area (Å²) in [5.74, 6) is 0. The highest BCUT2D eigenvalue weighted by molar-refractivity contribution is 7.98. The quantitative estimate of drug-likeness (QED) is 0.585. The minimum absolute atomic E-state index is 0. The zero-order valence-corrected chi connectivity index (χ0v) is 5.10. The molecule has 1 N–H and O–H groups in total. The van der Waals surface area contributed by atoms with Crippen LogP contribution in [0.15, 0.2) is 11.5 Å². The molecule has 0 aromatic carbocycles. The van der Waals surface area contributed by atoms with E-state index in [0.29, 0.717) is 0 Å². The number of aromatic amines is 1. The fourth-order valence-corrected chi connectivity index (χ4v) is 0.589. The Morgan fingerprint density at radius 1 is 1.88 bits per heavy atom. The first-order valence-electron chi connectivity index (χ1n) is 1.83. The SMILES string of the molecule is CSc1ncn[nH]1.F.[HH]. The summed E-state index contributed by atoms with van der Waals surface area (Å²) in [6.45, 7) is 0. The van der Waals surface area contributed by atoms with Crippen LogP contribution in [-0.2, 0) is 0 Å². The fraction of sp³-hybridized carbons (Fsp3) is 0.333. The lowest BCUT2D eigenvalue weighted by Gasteiger charge is -1.77. The molecule has 0 amide bonds. The number of rotatable bonds is 1. The van der Waals surface area contributed by atoms with Gasteiger partial charge in [0, 0.05) is 1.43 Å². The Bertz CT molecular complexity index is 134. The van der Waals surface area contributed by atoms with E-state index in [-0.39, 0.29) is 6.13 Å². The second-order valence-corrected chi connectivity index (χ2v) is 1.79. The third-order valence-corrected chi connectivity index (χ3v) is 1.17. The maximum atomic E-state index is 3.83. The van der Waals surface area contributed by atoms with E-state index in [1.807, 2.05) is 6.26 Å². The lowest BCUT2D eigenvalue weighted by molar-refractivity contribution is 0.976. The van der Waals surface area contributed by atoms with Crippen molar-refractivity contribution in [3.05, 3.63) is 6.33 Å². The smallest absolute Gasteiger partial charge is 0.183 e. The number of hydrogen-bond donors (Lipinski definition) is 1. The van der Waals surface area contributed by atoms with Gasteiger partial charge in [-0.3, -0.25) is 9.80 Å². The summed E-state index contributed by atoms with van der Waals surface area (Å²) in [6, 6.07) is 0. The highest BCUT2D eigenvalue weighted by Gasteiger charge is 1.84. The lowest BCUT2D eigenvalue weighted by Crippen LogP contribution is -1.68. The summed E-state index contributed by atoms with van der Waals surface area (Å²) in [5, 5.41) is 7.19. The van der Waals surface area contributed by atoms with E-state index in [1.165, 1.54) is 6.33 Å². The topological polar surface area (TPSA) is 41.6 Å². The molecule has 3 nitrogen and oxygen atoms in total. The van der Waals surface area contributed by atoms with Crippen LogP contribution in [0.3, 0.4) is 0 Å². The average Bonchev–Trinajstić information content (AvgIpc) is 2.14. The molecule has 1 rings (SSSR count). The van der Waals surface area contributed by atoms with Gasteiger partial charge in [0.15, 0.2) is 5.16 Å². The van der Waals surface area contributed by atoms with Gasteiger partial charge in [-0.05, 0) is 6.26 Å². The molecule has 1 aromatic rings. The van der Waals surface area contributed by atoms with Gasteiger partial charge in [-0.1, -0.05) is 11.8 Å². The Morgan fingerprint density at radius 3 is 2.88 bits per heavy atom. The van der Waals surface area contributed by atoms with Gasteiger partial charge in [-0.15, -0.1) is 0 Å². The predicted octanol–water partition coefficient (Wildman–Crippen LogP) is 0.925. The molecule has 0 aliphatic heterocycles. The first kappa shape index (κ1) is 7.42. The Kier molecular flexibility index (Phi) is 3.18. The van der Waals surface area contributed by atoms with Gasteiger partial charge < -0.3 is 0 Å². The summed E-state index contributed by atoms with van der Waals surface area (Å²) in [4.78, 5) is 3.83. The van der Waals surface area contributed by atoms with Crippen molar-refractivity contribution in [1.82, 2.24) is 15.2 Å². The van der Waals surface area contributed by atoms with Crippen molar-refractivity contribution >= 4 is 11.8 Å². The normalized spacial score (nSPS) is 8.12. The van der Waals surface area contributed by atoms with E-state index in [0.717, 1.165) is 5.16 Å². The van der Waals surface area contributed by atoms with Crippen LogP contribution in [0.2, 0.25) is 0 Å². The van der Waals surface area contributed by atoms with Gasteiger partial charge in [-0.25, -0.2) is 4.98 Å². The molecule has 5 heteroatoms. The molecule has 0 aliphatic rings. The highest BCUT2D eigenvalue weighted by atomic mass is 32.2. The van der Waals surface area contributed by atoms with Crippen molar-refractivity contribution in [3.63, 3.8) is 0 Å². The van der Waals surface area contributed by atoms with Crippen LogP contribution in [0.25, 0.3) is 0 Å². The van der Waals surface area contributed by atoms with Gasteiger partial charge in [0.25, 0.3) is 0 Å². The molecule has 0 radical (unpaired) electrons. The van der Waals surface area contributed by atoms with Crippen LogP contribution in [0.4, 0.5) is 4.70 Å². The number of H-pyrrole nitrogens is 1. The minimum Gasteiger partial charge on any atom is -0.269 e. The second-order valence-electron chi connectivity index (χ2n) is 0.995. The maximum Gasteiger partial charge on any atom is 0.183 e. The maximum absolute atomic E-state index is 3.83. The molecular formula is C3H8FN3S. The van der Waals surface area contributed by atoms with E-state index in [1.54, 1.807) is 11.8 Å². The van der Waals surface area contributed by atoms with Crippen molar-refractivity contribution in [2.45, 2.75) is 5.16 Å². The molecule has 0 fully saturated rings. The average molecular weight is 137 g/mol. The first-order valence-corrected chi connectivity index (χ1v) is 3.05. The monoisotopic (exact) mass is 137 g/mol. The number of thioether (sulfide) groups is 1. The number of nitrogens with zero attached hydrogens (tertiary/aromatic N) is 2. The van der Waals surface area contributed by atoms with E-state index in [4.69, 9.17) is 0 Å². The Labute approximate surface area is 51.7 Å². The standard InChI is InChI=1S/C3H5N3S.FH.H2/c1-7-3-4-2-5-6-3;;/h2H,1H3,(H,4,5,6);2*1H. The summed E-state index contributed by atoms with van der Waals surface area (Å²) in [6.07, 6.45) is 3.44. The van der Waals surface area contributed by atoms with Crippen molar-refractivity contribution in [3.8, 4) is 0 Å². The molecule has 8 heavy (non-hydrogen) atoms. The Balaban J connectivity index is 0. The Hall–Kier alpha value is -0.580. The molecule has 0 saturated carbocycles. The van der Waals surface area contributed by atoms with Crippen LogP contribution in [0.1, 0.15) is 1.43 Å². The fourth-order valence-electron chi connectivity index (χ4n) is 0.293. The van der Waals surface area contributed by atoms with Gasteiger partial charge >= 0.3 is 0 Å². The number of nitrogens with one attached hydrogen (secondary N) is 1. The number of aromatic nitrogens is 3. The van der Waals surface area contributed by atoms with Crippen molar-refractivity contribution in [2.75, 3.05) is 6.26 Å². The van der Waals surface area contributed by atoms with Crippen molar-refractivity contribution < 1.29 is 6.13 Å². The number of hydrogen-bond acceptors (Lipinski definition) is 3. The Morgan fingerprint density at radius 2 is 2.62 bits per heavy atom. The summed E-state index contributed by atoms with van der Waals surface area (Å²) >= 11 is 1.55. The van der Waals surface area contributed by atoms with Gasteiger partial charge in [0.1, 0.15) is 6.33 Å². The molecule has 1 heterocycles. The van der Waals surface area contributed by atoms with E-state index < -0.39 is 0 Å². The largest absolute Gasteiger partial charge is 0.269 e. The van der Waals surface area contributed by atoms with Crippen LogP contribution >= 0.6 is 11.8 Å². The third-order valence-electron chi connectivity index (χ3n) is 0.586. The molecule has 0 aliphatic carbocycles.